The third-order valence-corrected chi connectivity index (χ3v) is 3.58. The van der Waals surface area contributed by atoms with E-state index in [0.29, 0.717) is 5.69 Å². The Hall–Kier alpha value is -3.40. The van der Waals surface area contributed by atoms with Gasteiger partial charge in [0.1, 0.15) is 5.56 Å². The number of nitro groups is 1. The molecule has 128 valence electrons. The van der Waals surface area contributed by atoms with Gasteiger partial charge in [0.05, 0.1) is 15.5 Å². The van der Waals surface area contributed by atoms with Gasteiger partial charge in [0.25, 0.3) is 11.4 Å². The van der Waals surface area contributed by atoms with Gasteiger partial charge in [0.2, 0.25) is 11.6 Å². The third-order valence-electron chi connectivity index (χ3n) is 3.28. The van der Waals surface area contributed by atoms with Crippen molar-refractivity contribution in [2.24, 2.45) is 0 Å². The fraction of sp³-hybridized carbons (Fsp3) is 0.0714. The maximum Gasteiger partial charge on any atom is 0.315 e. The molecule has 25 heavy (non-hydrogen) atoms. The number of phenols is 2. The quantitative estimate of drug-likeness (QED) is 0.363. The van der Waals surface area contributed by atoms with Crippen LogP contribution in [0.3, 0.4) is 0 Å². The number of nitro benzene ring substituents is 1. The topological polar surface area (TPSA) is 155 Å². The van der Waals surface area contributed by atoms with Crippen LogP contribution in [0.4, 0.5) is 5.69 Å². The van der Waals surface area contributed by atoms with E-state index in [-0.39, 0.29) is 27.9 Å². The minimum atomic E-state index is -0.883. The van der Waals surface area contributed by atoms with Gasteiger partial charge in [0, 0.05) is 11.8 Å². The lowest BCUT2D eigenvalue weighted by molar-refractivity contribution is -0.385. The molecule has 10 nitrogen and oxygen atoms in total. The minimum absolute atomic E-state index is 0.0135. The molecule has 0 aliphatic carbocycles. The summed E-state index contributed by atoms with van der Waals surface area (Å²) in [6, 6.07) is 3.47. The Balaban J connectivity index is 2.12. The Bertz CT molecular complexity index is 1060. The Kier molecular flexibility index (Phi) is 3.89. The predicted molar refractivity (Wildman–Crippen MR) is 85.5 cm³/mol. The number of phenolic OH excluding ortho intramolecular Hbond substituents is 2. The van der Waals surface area contributed by atoms with Crippen LogP contribution >= 0.6 is 11.6 Å². The van der Waals surface area contributed by atoms with Crippen LogP contribution in [0.1, 0.15) is 5.69 Å². The molecule has 0 atom stereocenters. The molecule has 0 unspecified atom stereocenters. The van der Waals surface area contributed by atoms with Gasteiger partial charge in [-0.25, -0.2) is 0 Å². The zero-order valence-electron chi connectivity index (χ0n) is 12.5. The number of benzene rings is 1. The molecule has 0 saturated carbocycles. The molecule has 3 N–H and O–H groups in total. The first-order valence-electron chi connectivity index (χ1n) is 6.72. The number of hydrogen-bond acceptors (Lipinski definition) is 8. The van der Waals surface area contributed by atoms with Crippen molar-refractivity contribution in [1.82, 2.24) is 15.1 Å². The summed E-state index contributed by atoms with van der Waals surface area (Å²) in [6.07, 6.45) is 0. The average molecular weight is 365 g/mol. The van der Waals surface area contributed by atoms with E-state index < -0.39 is 27.7 Å². The SMILES string of the molecule is Cc1cc(Cl)c(-c2noc(-c3cc(O)c(O)c([N+](=O)[O-])c3)n2)c(=O)[nH]1. The number of aryl methyl sites for hydroxylation is 1. The fourth-order valence-electron chi connectivity index (χ4n) is 2.17. The molecule has 0 saturated heterocycles. The third kappa shape index (κ3) is 2.90. The van der Waals surface area contributed by atoms with Crippen molar-refractivity contribution in [3.05, 3.63) is 49.4 Å². The minimum Gasteiger partial charge on any atom is -0.504 e. The first-order valence-corrected chi connectivity index (χ1v) is 7.10. The van der Waals surface area contributed by atoms with Gasteiger partial charge >= 0.3 is 5.69 Å². The number of aromatic amines is 1. The molecule has 0 radical (unpaired) electrons. The molecule has 0 spiro atoms. The first kappa shape index (κ1) is 16.5. The van der Waals surface area contributed by atoms with E-state index in [1.807, 2.05) is 0 Å². The maximum absolute atomic E-state index is 12.0. The zero-order chi connectivity index (χ0) is 18.3. The van der Waals surface area contributed by atoms with E-state index in [1.54, 1.807) is 6.92 Å². The van der Waals surface area contributed by atoms with Crippen LogP contribution in [0.15, 0.2) is 27.5 Å². The Morgan fingerprint density at radius 1 is 1.32 bits per heavy atom. The van der Waals surface area contributed by atoms with Gasteiger partial charge in [-0.2, -0.15) is 4.98 Å². The highest BCUT2D eigenvalue weighted by Crippen LogP contribution is 2.39. The van der Waals surface area contributed by atoms with Crippen LogP contribution in [0, 0.1) is 17.0 Å². The monoisotopic (exact) mass is 364 g/mol. The predicted octanol–water partition coefficient (Wildman–Crippen LogP) is 2.37. The number of aromatic hydroxyl groups is 2. The van der Waals surface area contributed by atoms with E-state index in [0.717, 1.165) is 12.1 Å². The number of rotatable bonds is 3. The Morgan fingerprint density at radius 3 is 2.68 bits per heavy atom. The average Bonchev–Trinajstić information content (AvgIpc) is 2.98. The second-order valence-corrected chi connectivity index (χ2v) is 5.45. The lowest BCUT2D eigenvalue weighted by Gasteiger charge is -2.01. The molecule has 3 aromatic rings. The molecule has 3 rings (SSSR count). The molecule has 11 heteroatoms. The summed E-state index contributed by atoms with van der Waals surface area (Å²) in [5.41, 5.74) is -0.764. The first-order chi connectivity index (χ1) is 11.8. The maximum atomic E-state index is 12.0. The van der Waals surface area contributed by atoms with E-state index in [9.17, 15) is 25.1 Å². The molecule has 0 fully saturated rings. The van der Waals surface area contributed by atoms with Crippen molar-refractivity contribution >= 4 is 17.3 Å². The Morgan fingerprint density at radius 2 is 2.04 bits per heavy atom. The molecule has 0 aliphatic rings. The van der Waals surface area contributed by atoms with E-state index in [1.165, 1.54) is 6.07 Å². The largest absolute Gasteiger partial charge is 0.504 e. The molecule has 0 amide bonds. The molecular formula is C14H9ClN4O6. The van der Waals surface area contributed by atoms with Crippen molar-refractivity contribution < 1.29 is 19.7 Å². The van der Waals surface area contributed by atoms with E-state index >= 15 is 0 Å². The summed E-state index contributed by atoms with van der Waals surface area (Å²) in [4.78, 5) is 28.6. The second-order valence-electron chi connectivity index (χ2n) is 5.05. The van der Waals surface area contributed by atoms with Crippen LogP contribution in [0.5, 0.6) is 11.5 Å². The number of H-pyrrole nitrogens is 1. The zero-order valence-corrected chi connectivity index (χ0v) is 13.2. The highest BCUT2D eigenvalue weighted by molar-refractivity contribution is 6.33. The standard InChI is InChI=1S/C14H9ClN4O6/c1-5-2-7(15)10(13(22)16-5)12-17-14(25-18-12)6-3-8(19(23)24)11(21)9(20)4-6/h2-4,20-21H,1H3,(H,16,22). The van der Waals surface area contributed by atoms with Crippen LogP contribution in [-0.4, -0.2) is 30.3 Å². The van der Waals surface area contributed by atoms with Crippen molar-refractivity contribution in [3.63, 3.8) is 0 Å². The van der Waals surface area contributed by atoms with Gasteiger partial charge < -0.3 is 19.7 Å². The van der Waals surface area contributed by atoms with Crippen molar-refractivity contribution in [2.75, 3.05) is 0 Å². The summed E-state index contributed by atoms with van der Waals surface area (Å²) in [7, 11) is 0. The summed E-state index contributed by atoms with van der Waals surface area (Å²) >= 11 is 6.03. The summed E-state index contributed by atoms with van der Waals surface area (Å²) in [5.74, 6) is -1.94. The number of hydrogen-bond donors (Lipinski definition) is 3. The number of nitrogens with zero attached hydrogens (tertiary/aromatic N) is 3. The normalized spacial score (nSPS) is 10.8. The lowest BCUT2D eigenvalue weighted by Crippen LogP contribution is -2.11. The van der Waals surface area contributed by atoms with Gasteiger partial charge in [-0.05, 0) is 19.1 Å². The van der Waals surface area contributed by atoms with Gasteiger partial charge in [-0.1, -0.05) is 16.8 Å². The van der Waals surface area contributed by atoms with Crippen LogP contribution in [0.25, 0.3) is 22.8 Å². The van der Waals surface area contributed by atoms with Gasteiger partial charge in [0.15, 0.2) is 5.75 Å². The number of pyridine rings is 1. The van der Waals surface area contributed by atoms with Crippen LogP contribution in [-0.2, 0) is 0 Å². The molecule has 0 bridgehead atoms. The van der Waals surface area contributed by atoms with Crippen LogP contribution < -0.4 is 5.56 Å². The number of halogens is 1. The molecule has 1 aromatic carbocycles. The highest BCUT2D eigenvalue weighted by atomic mass is 35.5. The number of nitrogens with one attached hydrogen (secondary N) is 1. The Labute approximate surface area is 143 Å². The summed E-state index contributed by atoms with van der Waals surface area (Å²) < 4.78 is 4.99. The van der Waals surface area contributed by atoms with Crippen molar-refractivity contribution in [1.29, 1.82) is 0 Å². The van der Waals surface area contributed by atoms with E-state index in [2.05, 4.69) is 15.1 Å². The molecule has 2 heterocycles. The van der Waals surface area contributed by atoms with Gasteiger partial charge in [-0.3, -0.25) is 14.9 Å². The molecule has 2 aromatic heterocycles. The highest BCUT2D eigenvalue weighted by Gasteiger charge is 2.23. The summed E-state index contributed by atoms with van der Waals surface area (Å²) in [5, 5.41) is 33.8. The van der Waals surface area contributed by atoms with Crippen molar-refractivity contribution in [2.45, 2.75) is 6.92 Å². The fourth-order valence-corrected chi connectivity index (χ4v) is 2.50. The molecular weight excluding hydrogens is 356 g/mol. The molecule has 0 aliphatic heterocycles. The summed E-state index contributed by atoms with van der Waals surface area (Å²) in [6.45, 7) is 1.65. The van der Waals surface area contributed by atoms with Gasteiger partial charge in [-0.15, -0.1) is 0 Å². The van der Waals surface area contributed by atoms with Crippen LogP contribution in [0.2, 0.25) is 5.02 Å². The van der Waals surface area contributed by atoms with E-state index in [4.69, 9.17) is 16.1 Å². The van der Waals surface area contributed by atoms with Crippen molar-refractivity contribution in [3.8, 4) is 34.3 Å². The lowest BCUT2D eigenvalue weighted by atomic mass is 10.1. The second kappa shape index (κ2) is 5.91. The number of aromatic nitrogens is 3. The smallest absolute Gasteiger partial charge is 0.315 e.